The van der Waals surface area contributed by atoms with E-state index in [1.54, 1.807) is 0 Å². The van der Waals surface area contributed by atoms with Crippen LogP contribution in [0.5, 0.6) is 0 Å². The van der Waals surface area contributed by atoms with Crippen LogP contribution >= 0.6 is 11.6 Å². The standard InChI is InChI=1S/C15H22ClN3O3S/c16-13-15(20)17-7-4-12-23(21,22)19-10-8-18(9-11-19)14-5-2-1-3-6-14/h1-3,5-6H,4,7-13H2,(H,17,20). The van der Waals surface area contributed by atoms with E-state index in [1.165, 1.54) is 4.31 Å². The highest BCUT2D eigenvalue weighted by molar-refractivity contribution is 7.89. The average Bonchev–Trinajstić information content (AvgIpc) is 2.59. The van der Waals surface area contributed by atoms with E-state index in [2.05, 4.69) is 10.2 Å². The Hall–Kier alpha value is -1.31. The molecule has 0 aliphatic carbocycles. The summed E-state index contributed by atoms with van der Waals surface area (Å²) in [5.74, 6) is -0.338. The summed E-state index contributed by atoms with van der Waals surface area (Å²) in [5.41, 5.74) is 1.12. The Balaban J connectivity index is 1.78. The van der Waals surface area contributed by atoms with Crippen molar-refractivity contribution in [1.82, 2.24) is 9.62 Å². The third-order valence-corrected chi connectivity index (χ3v) is 5.98. The number of nitrogens with one attached hydrogen (secondary N) is 1. The molecule has 8 heteroatoms. The molecule has 6 nitrogen and oxygen atoms in total. The minimum absolute atomic E-state index is 0.0426. The Bertz CT molecular complexity index is 602. The van der Waals surface area contributed by atoms with Crippen LogP contribution in [0.15, 0.2) is 30.3 Å². The number of nitrogens with zero attached hydrogens (tertiary/aromatic N) is 2. The lowest BCUT2D eigenvalue weighted by molar-refractivity contribution is -0.118. The fourth-order valence-corrected chi connectivity index (χ4v) is 4.10. The number of benzene rings is 1. The van der Waals surface area contributed by atoms with Gasteiger partial charge >= 0.3 is 0 Å². The van der Waals surface area contributed by atoms with Gasteiger partial charge in [-0.3, -0.25) is 4.79 Å². The van der Waals surface area contributed by atoms with Crippen LogP contribution in [0, 0.1) is 0 Å². The molecule has 23 heavy (non-hydrogen) atoms. The molecule has 1 aromatic rings. The quantitative estimate of drug-likeness (QED) is 0.579. The van der Waals surface area contributed by atoms with Crippen LogP contribution < -0.4 is 10.2 Å². The van der Waals surface area contributed by atoms with Crippen molar-refractivity contribution in [3.05, 3.63) is 30.3 Å². The maximum atomic E-state index is 12.3. The first-order chi connectivity index (χ1) is 11.0. The van der Waals surface area contributed by atoms with Gasteiger partial charge < -0.3 is 10.2 Å². The van der Waals surface area contributed by atoms with Crippen molar-refractivity contribution in [2.24, 2.45) is 0 Å². The third-order valence-electron chi connectivity index (χ3n) is 3.78. The molecule has 1 fully saturated rings. The Morgan fingerprint density at radius 1 is 1.13 bits per heavy atom. The Morgan fingerprint density at radius 2 is 1.78 bits per heavy atom. The molecule has 0 aromatic heterocycles. The number of piperazine rings is 1. The van der Waals surface area contributed by atoms with E-state index in [4.69, 9.17) is 11.6 Å². The zero-order valence-corrected chi connectivity index (χ0v) is 14.5. The summed E-state index contributed by atoms with van der Waals surface area (Å²) in [5, 5.41) is 2.57. The molecule has 1 aromatic carbocycles. The summed E-state index contributed by atoms with van der Waals surface area (Å²) in [6.45, 7) is 2.68. The normalized spacial score (nSPS) is 16.3. The molecule has 1 aliphatic heterocycles. The number of hydrogen-bond acceptors (Lipinski definition) is 4. The zero-order chi connectivity index (χ0) is 16.7. The summed E-state index contributed by atoms with van der Waals surface area (Å²) in [4.78, 5) is 13.2. The smallest absolute Gasteiger partial charge is 0.234 e. The molecule has 1 amide bonds. The van der Waals surface area contributed by atoms with E-state index < -0.39 is 10.0 Å². The highest BCUT2D eigenvalue weighted by Crippen LogP contribution is 2.17. The molecular weight excluding hydrogens is 338 g/mol. The highest BCUT2D eigenvalue weighted by Gasteiger charge is 2.26. The second-order valence-corrected chi connectivity index (χ2v) is 7.73. The van der Waals surface area contributed by atoms with Gasteiger partial charge in [-0.05, 0) is 18.6 Å². The van der Waals surface area contributed by atoms with Gasteiger partial charge in [-0.2, -0.15) is 4.31 Å². The van der Waals surface area contributed by atoms with Gasteiger partial charge in [-0.25, -0.2) is 8.42 Å². The van der Waals surface area contributed by atoms with Crippen LogP contribution in [0.25, 0.3) is 0 Å². The number of amides is 1. The molecule has 0 radical (unpaired) electrons. The minimum atomic E-state index is -3.27. The van der Waals surface area contributed by atoms with Gasteiger partial charge in [-0.15, -0.1) is 11.6 Å². The fourth-order valence-electron chi connectivity index (χ4n) is 2.52. The first-order valence-electron chi connectivity index (χ1n) is 7.63. The maximum absolute atomic E-state index is 12.3. The van der Waals surface area contributed by atoms with E-state index in [-0.39, 0.29) is 17.5 Å². The number of halogens is 1. The van der Waals surface area contributed by atoms with Crippen molar-refractivity contribution in [2.45, 2.75) is 6.42 Å². The molecule has 0 atom stereocenters. The van der Waals surface area contributed by atoms with Gasteiger partial charge in [0.2, 0.25) is 15.9 Å². The number of rotatable bonds is 7. The lowest BCUT2D eigenvalue weighted by Crippen LogP contribution is -2.49. The number of anilines is 1. The van der Waals surface area contributed by atoms with Crippen molar-refractivity contribution >= 4 is 33.2 Å². The van der Waals surface area contributed by atoms with Crippen molar-refractivity contribution in [1.29, 1.82) is 0 Å². The zero-order valence-electron chi connectivity index (χ0n) is 12.9. The number of alkyl halides is 1. The van der Waals surface area contributed by atoms with E-state index in [9.17, 15) is 13.2 Å². The predicted molar refractivity (Wildman–Crippen MR) is 92.4 cm³/mol. The van der Waals surface area contributed by atoms with Gasteiger partial charge in [0.1, 0.15) is 5.88 Å². The second-order valence-electron chi connectivity index (χ2n) is 5.37. The summed E-state index contributed by atoms with van der Waals surface area (Å²) >= 11 is 5.36. The Morgan fingerprint density at radius 3 is 2.39 bits per heavy atom. The second kappa shape index (κ2) is 8.52. The first-order valence-corrected chi connectivity index (χ1v) is 9.78. The number of hydrogen-bond donors (Lipinski definition) is 1. The van der Waals surface area contributed by atoms with Crippen LogP contribution in [0.2, 0.25) is 0 Å². The summed E-state index contributed by atoms with van der Waals surface area (Å²) in [6, 6.07) is 9.99. The number of para-hydroxylation sites is 1. The van der Waals surface area contributed by atoms with Crippen LogP contribution in [-0.4, -0.2) is 63.0 Å². The maximum Gasteiger partial charge on any atom is 0.234 e. The molecule has 1 N–H and O–H groups in total. The summed E-state index contributed by atoms with van der Waals surface area (Å²) < 4.78 is 26.2. The number of sulfonamides is 1. The van der Waals surface area contributed by atoms with Crippen LogP contribution in [0.3, 0.4) is 0 Å². The van der Waals surface area contributed by atoms with E-state index >= 15 is 0 Å². The van der Waals surface area contributed by atoms with Crippen LogP contribution in [0.1, 0.15) is 6.42 Å². The van der Waals surface area contributed by atoms with Crippen molar-refractivity contribution in [3.63, 3.8) is 0 Å². The predicted octanol–water partition coefficient (Wildman–Crippen LogP) is 0.884. The van der Waals surface area contributed by atoms with Gasteiger partial charge in [0.25, 0.3) is 0 Å². The van der Waals surface area contributed by atoms with Gasteiger partial charge in [0.05, 0.1) is 5.75 Å². The molecule has 2 rings (SSSR count). The van der Waals surface area contributed by atoms with Crippen molar-refractivity contribution < 1.29 is 13.2 Å². The number of carbonyl (C=O) groups excluding carboxylic acids is 1. The molecule has 128 valence electrons. The monoisotopic (exact) mass is 359 g/mol. The van der Waals surface area contributed by atoms with E-state index in [0.29, 0.717) is 39.1 Å². The largest absolute Gasteiger partial charge is 0.369 e. The lowest BCUT2D eigenvalue weighted by atomic mass is 10.2. The molecule has 0 saturated carbocycles. The van der Waals surface area contributed by atoms with Gasteiger partial charge in [0.15, 0.2) is 0 Å². The third kappa shape index (κ3) is 5.37. The molecule has 0 spiro atoms. The Labute approximate surface area is 142 Å². The summed E-state index contributed by atoms with van der Waals surface area (Å²) in [7, 11) is -3.27. The minimum Gasteiger partial charge on any atom is -0.369 e. The molecule has 0 bridgehead atoms. The average molecular weight is 360 g/mol. The van der Waals surface area contributed by atoms with Crippen molar-refractivity contribution in [3.8, 4) is 0 Å². The molecule has 1 heterocycles. The topological polar surface area (TPSA) is 69.7 Å². The molecule has 1 saturated heterocycles. The first kappa shape index (κ1) is 18.0. The van der Waals surface area contributed by atoms with Gasteiger partial charge in [-0.1, -0.05) is 18.2 Å². The fraction of sp³-hybridized carbons (Fsp3) is 0.533. The Kier molecular flexibility index (Phi) is 6.68. The molecule has 1 aliphatic rings. The molecule has 0 unspecified atom stereocenters. The van der Waals surface area contributed by atoms with Crippen molar-refractivity contribution in [2.75, 3.05) is 49.3 Å². The van der Waals surface area contributed by atoms with Gasteiger partial charge in [0, 0.05) is 38.4 Å². The van der Waals surface area contributed by atoms with E-state index in [0.717, 1.165) is 5.69 Å². The van der Waals surface area contributed by atoms with Crippen LogP contribution in [-0.2, 0) is 14.8 Å². The highest BCUT2D eigenvalue weighted by atomic mass is 35.5. The number of carbonyl (C=O) groups is 1. The van der Waals surface area contributed by atoms with Crippen LogP contribution in [0.4, 0.5) is 5.69 Å². The lowest BCUT2D eigenvalue weighted by Gasteiger charge is -2.35. The van der Waals surface area contributed by atoms with E-state index in [1.807, 2.05) is 30.3 Å². The SMILES string of the molecule is O=C(CCl)NCCCS(=O)(=O)N1CCN(c2ccccc2)CC1. The molecular formula is C15H22ClN3O3S. The summed E-state index contributed by atoms with van der Waals surface area (Å²) in [6.07, 6.45) is 0.393.